The van der Waals surface area contributed by atoms with Crippen LogP contribution in [0.3, 0.4) is 0 Å². The molecule has 0 bridgehead atoms. The molecule has 0 saturated heterocycles. The molecule has 1 aromatic carbocycles. The van der Waals surface area contributed by atoms with Crippen molar-refractivity contribution in [2.75, 3.05) is 5.43 Å². The highest BCUT2D eigenvalue weighted by molar-refractivity contribution is 5.81. The highest BCUT2D eigenvalue weighted by Crippen LogP contribution is 2.13. The third-order valence-electron chi connectivity index (χ3n) is 2.13. The Morgan fingerprint density at radius 3 is 3.16 bits per heavy atom. The topological polar surface area (TPSA) is 117 Å². The second-order valence-electron chi connectivity index (χ2n) is 3.36. The van der Waals surface area contributed by atoms with Gasteiger partial charge >= 0.3 is 0 Å². The molecular formula is C11H7N5O3. The SMILES string of the molecule is N#Cc1ncoc1NN=Cc1cccc([N+](=O)[O-])c1. The average Bonchev–Trinajstić information content (AvgIpc) is 2.86. The number of nitrogens with zero attached hydrogens (tertiary/aromatic N) is 4. The van der Waals surface area contributed by atoms with E-state index in [1.54, 1.807) is 12.1 Å². The summed E-state index contributed by atoms with van der Waals surface area (Å²) in [4.78, 5) is 13.7. The van der Waals surface area contributed by atoms with E-state index in [4.69, 9.17) is 9.68 Å². The van der Waals surface area contributed by atoms with Gasteiger partial charge in [0.15, 0.2) is 6.39 Å². The Kier molecular flexibility index (Phi) is 3.49. The van der Waals surface area contributed by atoms with Crippen LogP contribution in [0.25, 0.3) is 0 Å². The van der Waals surface area contributed by atoms with E-state index in [1.165, 1.54) is 18.3 Å². The van der Waals surface area contributed by atoms with Crippen LogP contribution < -0.4 is 5.43 Å². The van der Waals surface area contributed by atoms with Gasteiger partial charge in [-0.25, -0.2) is 10.4 Å². The second kappa shape index (κ2) is 5.42. The first-order valence-electron chi connectivity index (χ1n) is 5.08. The standard InChI is InChI=1S/C11H7N5O3/c12-5-10-11(19-7-13-10)15-14-6-8-2-1-3-9(4-8)16(17)18/h1-4,6-7,15H. The zero-order chi connectivity index (χ0) is 13.7. The summed E-state index contributed by atoms with van der Waals surface area (Å²) in [5.74, 6) is 0.115. The van der Waals surface area contributed by atoms with Gasteiger partial charge in [-0.15, -0.1) is 0 Å². The van der Waals surface area contributed by atoms with Gasteiger partial charge < -0.3 is 4.42 Å². The van der Waals surface area contributed by atoms with Crippen LogP contribution in [0.2, 0.25) is 0 Å². The molecule has 0 aliphatic heterocycles. The lowest BCUT2D eigenvalue weighted by Crippen LogP contribution is -1.93. The molecule has 0 amide bonds. The number of nitrogens with one attached hydrogen (secondary N) is 1. The number of nitro benzene ring substituents is 1. The maximum absolute atomic E-state index is 10.6. The van der Waals surface area contributed by atoms with Gasteiger partial charge in [0, 0.05) is 17.7 Å². The van der Waals surface area contributed by atoms with Crippen LogP contribution in [-0.4, -0.2) is 16.1 Å². The Morgan fingerprint density at radius 2 is 2.42 bits per heavy atom. The Labute approximate surface area is 107 Å². The van der Waals surface area contributed by atoms with Gasteiger partial charge in [0.1, 0.15) is 6.07 Å². The van der Waals surface area contributed by atoms with Crippen molar-refractivity contribution < 1.29 is 9.34 Å². The Hall–Kier alpha value is -3.21. The van der Waals surface area contributed by atoms with Crippen molar-refractivity contribution in [1.29, 1.82) is 5.26 Å². The maximum atomic E-state index is 10.6. The van der Waals surface area contributed by atoms with Gasteiger partial charge in [-0.1, -0.05) is 12.1 Å². The van der Waals surface area contributed by atoms with Gasteiger partial charge in [0.05, 0.1) is 11.1 Å². The number of hydrogen-bond donors (Lipinski definition) is 1. The molecule has 2 rings (SSSR count). The van der Waals surface area contributed by atoms with E-state index in [0.29, 0.717) is 5.56 Å². The average molecular weight is 257 g/mol. The van der Waals surface area contributed by atoms with Gasteiger partial charge in [0.25, 0.3) is 11.6 Å². The molecule has 8 heteroatoms. The quantitative estimate of drug-likeness (QED) is 0.507. The molecule has 0 radical (unpaired) electrons. The Balaban J connectivity index is 2.09. The molecule has 0 fully saturated rings. The van der Waals surface area contributed by atoms with Gasteiger partial charge in [0.2, 0.25) is 5.69 Å². The minimum absolute atomic E-state index is 0.0265. The molecule has 2 aromatic rings. The number of nitro groups is 1. The van der Waals surface area contributed by atoms with Gasteiger partial charge in [-0.05, 0) is 0 Å². The summed E-state index contributed by atoms with van der Waals surface area (Å²) in [5, 5.41) is 23.1. The van der Waals surface area contributed by atoms with Crippen LogP contribution in [0.4, 0.5) is 11.6 Å². The van der Waals surface area contributed by atoms with E-state index >= 15 is 0 Å². The first kappa shape index (κ1) is 12.3. The molecule has 0 saturated carbocycles. The number of oxazole rings is 1. The summed E-state index contributed by atoms with van der Waals surface area (Å²) >= 11 is 0. The molecule has 1 heterocycles. The first-order chi connectivity index (χ1) is 9.20. The summed E-state index contributed by atoms with van der Waals surface area (Å²) in [5.41, 5.74) is 3.08. The van der Waals surface area contributed by atoms with Crippen LogP contribution in [0.15, 0.2) is 40.2 Å². The second-order valence-corrected chi connectivity index (χ2v) is 3.36. The number of hydrogen-bond acceptors (Lipinski definition) is 7. The number of hydrazone groups is 1. The lowest BCUT2D eigenvalue weighted by molar-refractivity contribution is -0.384. The van der Waals surface area contributed by atoms with Crippen LogP contribution in [-0.2, 0) is 0 Å². The fourth-order valence-electron chi connectivity index (χ4n) is 1.29. The van der Waals surface area contributed by atoms with E-state index in [2.05, 4.69) is 15.5 Å². The molecule has 0 unspecified atom stereocenters. The zero-order valence-corrected chi connectivity index (χ0v) is 9.48. The number of anilines is 1. The smallest absolute Gasteiger partial charge is 0.270 e. The molecule has 0 atom stereocenters. The van der Waals surface area contributed by atoms with Crippen molar-refractivity contribution in [3.63, 3.8) is 0 Å². The van der Waals surface area contributed by atoms with Crippen LogP contribution in [0.1, 0.15) is 11.3 Å². The predicted octanol–water partition coefficient (Wildman–Crippen LogP) is 1.90. The van der Waals surface area contributed by atoms with Gasteiger partial charge in [-0.3, -0.25) is 10.1 Å². The fraction of sp³-hybridized carbons (Fsp3) is 0. The van der Waals surface area contributed by atoms with Crippen molar-refractivity contribution in [3.05, 3.63) is 52.0 Å². The van der Waals surface area contributed by atoms with E-state index in [-0.39, 0.29) is 17.3 Å². The van der Waals surface area contributed by atoms with Crippen molar-refractivity contribution in [2.45, 2.75) is 0 Å². The number of non-ortho nitro benzene ring substituents is 1. The molecule has 0 aliphatic carbocycles. The molecule has 19 heavy (non-hydrogen) atoms. The zero-order valence-electron chi connectivity index (χ0n) is 9.48. The van der Waals surface area contributed by atoms with Crippen LogP contribution in [0.5, 0.6) is 0 Å². The van der Waals surface area contributed by atoms with Crippen molar-refractivity contribution in [1.82, 2.24) is 4.98 Å². The maximum Gasteiger partial charge on any atom is 0.270 e. The van der Waals surface area contributed by atoms with E-state index in [0.717, 1.165) is 6.39 Å². The minimum atomic E-state index is -0.491. The van der Waals surface area contributed by atoms with Crippen LogP contribution in [0, 0.1) is 21.4 Å². The van der Waals surface area contributed by atoms with Crippen molar-refractivity contribution in [2.24, 2.45) is 5.10 Å². The number of benzene rings is 1. The van der Waals surface area contributed by atoms with E-state index < -0.39 is 4.92 Å². The largest absolute Gasteiger partial charge is 0.425 e. The summed E-state index contributed by atoms with van der Waals surface area (Å²) in [6, 6.07) is 7.78. The molecule has 8 nitrogen and oxygen atoms in total. The highest BCUT2D eigenvalue weighted by atomic mass is 16.6. The summed E-state index contributed by atoms with van der Waals surface area (Å²) in [6.45, 7) is 0. The molecule has 94 valence electrons. The lowest BCUT2D eigenvalue weighted by Gasteiger charge is -1.95. The summed E-state index contributed by atoms with van der Waals surface area (Å²) in [7, 11) is 0. The normalized spacial score (nSPS) is 10.3. The Morgan fingerprint density at radius 1 is 1.58 bits per heavy atom. The van der Waals surface area contributed by atoms with Crippen molar-refractivity contribution in [3.8, 4) is 6.07 Å². The Bertz CT molecular complexity index is 671. The molecule has 1 N–H and O–H groups in total. The van der Waals surface area contributed by atoms with E-state index in [9.17, 15) is 10.1 Å². The molecular weight excluding hydrogens is 250 g/mol. The molecule has 0 spiro atoms. The van der Waals surface area contributed by atoms with Gasteiger partial charge in [-0.2, -0.15) is 10.4 Å². The minimum Gasteiger partial charge on any atom is -0.425 e. The molecule has 1 aromatic heterocycles. The third kappa shape index (κ3) is 2.92. The fourth-order valence-corrected chi connectivity index (χ4v) is 1.29. The predicted molar refractivity (Wildman–Crippen MR) is 65.5 cm³/mol. The number of nitriles is 1. The number of aromatic nitrogens is 1. The first-order valence-corrected chi connectivity index (χ1v) is 5.08. The molecule has 0 aliphatic rings. The summed E-state index contributed by atoms with van der Waals surface area (Å²) in [6.07, 6.45) is 2.49. The highest BCUT2D eigenvalue weighted by Gasteiger charge is 2.06. The summed E-state index contributed by atoms with van der Waals surface area (Å²) < 4.78 is 4.89. The van der Waals surface area contributed by atoms with Crippen molar-refractivity contribution >= 4 is 17.8 Å². The lowest BCUT2D eigenvalue weighted by atomic mass is 10.2. The van der Waals surface area contributed by atoms with E-state index in [1.807, 2.05) is 6.07 Å². The van der Waals surface area contributed by atoms with Crippen LogP contribution >= 0.6 is 0 Å². The number of rotatable bonds is 4. The monoisotopic (exact) mass is 257 g/mol. The third-order valence-corrected chi connectivity index (χ3v) is 2.13.